The molecule has 0 saturated heterocycles. The summed E-state index contributed by atoms with van der Waals surface area (Å²) in [5, 5.41) is 6.24. The summed E-state index contributed by atoms with van der Waals surface area (Å²) in [6, 6.07) is 11.0. The van der Waals surface area contributed by atoms with Gasteiger partial charge in [0, 0.05) is 0 Å². The summed E-state index contributed by atoms with van der Waals surface area (Å²) in [6.07, 6.45) is 2.30. The highest BCUT2D eigenvalue weighted by Gasteiger charge is 2.22. The quantitative estimate of drug-likeness (QED) is 0.383. The lowest BCUT2D eigenvalue weighted by molar-refractivity contribution is -0.131. The number of carbonyl (C=O) groups excluding carboxylic acids is 2. The number of methoxy groups -OCH3 is 1. The number of hydrazone groups is 1. The topological polar surface area (TPSA) is 89.0 Å². The van der Waals surface area contributed by atoms with Crippen LogP contribution in [0.5, 0.6) is 11.5 Å². The number of halogens is 1. The van der Waals surface area contributed by atoms with Gasteiger partial charge in [-0.1, -0.05) is 19.1 Å². The van der Waals surface area contributed by atoms with Gasteiger partial charge in [0.2, 0.25) is 5.91 Å². The van der Waals surface area contributed by atoms with Gasteiger partial charge in [-0.25, -0.2) is 9.82 Å². The number of hydrogen-bond donors (Lipinski definition) is 2. The Hall–Kier alpha value is -3.42. The van der Waals surface area contributed by atoms with E-state index in [-0.39, 0.29) is 5.69 Å². The van der Waals surface area contributed by atoms with Crippen LogP contribution in [0, 0.1) is 11.7 Å². The van der Waals surface area contributed by atoms with Crippen LogP contribution in [0.25, 0.3) is 0 Å². The summed E-state index contributed by atoms with van der Waals surface area (Å²) in [5.41, 5.74) is 2.99. The zero-order valence-electron chi connectivity index (χ0n) is 16.6. The maximum Gasteiger partial charge on any atom is 0.252 e. The monoisotopic (exact) mass is 401 g/mol. The van der Waals surface area contributed by atoms with E-state index in [9.17, 15) is 14.0 Å². The molecular formula is C21H24FN3O4. The second kappa shape index (κ2) is 10.8. The van der Waals surface area contributed by atoms with Gasteiger partial charge < -0.3 is 14.8 Å². The highest BCUT2D eigenvalue weighted by molar-refractivity contribution is 6.06. The van der Waals surface area contributed by atoms with Crippen molar-refractivity contribution in [3.8, 4) is 11.5 Å². The molecule has 154 valence electrons. The lowest BCUT2D eigenvalue weighted by Crippen LogP contribution is -2.34. The molecule has 0 bridgehead atoms. The van der Waals surface area contributed by atoms with Crippen LogP contribution < -0.4 is 20.2 Å². The van der Waals surface area contributed by atoms with Crippen molar-refractivity contribution >= 4 is 23.7 Å². The number of hydrogen-bond acceptors (Lipinski definition) is 5. The Bertz CT molecular complexity index is 886. The minimum absolute atomic E-state index is 0.0122. The molecule has 1 atom stereocenters. The molecule has 2 amide bonds. The predicted molar refractivity (Wildman–Crippen MR) is 109 cm³/mol. The molecule has 0 fully saturated rings. The van der Waals surface area contributed by atoms with Crippen LogP contribution in [-0.4, -0.2) is 31.7 Å². The van der Waals surface area contributed by atoms with E-state index in [1.165, 1.54) is 38.4 Å². The van der Waals surface area contributed by atoms with Gasteiger partial charge in [0.25, 0.3) is 5.91 Å². The molecule has 1 unspecified atom stereocenters. The molecule has 0 aliphatic carbocycles. The van der Waals surface area contributed by atoms with Gasteiger partial charge in [-0.3, -0.25) is 9.59 Å². The fourth-order valence-electron chi connectivity index (χ4n) is 2.29. The van der Waals surface area contributed by atoms with E-state index < -0.39 is 23.5 Å². The largest absolute Gasteiger partial charge is 0.493 e. The number of carbonyl (C=O) groups is 2. The van der Waals surface area contributed by atoms with Crippen molar-refractivity contribution in [3.63, 3.8) is 0 Å². The fourth-order valence-corrected chi connectivity index (χ4v) is 2.29. The smallest absolute Gasteiger partial charge is 0.252 e. The van der Waals surface area contributed by atoms with Gasteiger partial charge in [-0.15, -0.1) is 0 Å². The Morgan fingerprint density at radius 2 is 1.93 bits per heavy atom. The number of rotatable bonds is 9. The SMILES string of the molecule is CCCOc1ccc(C=NNC(=O)C(C)C(=O)Nc2ccccc2F)cc1OC. The van der Waals surface area contributed by atoms with Crippen LogP contribution in [0.1, 0.15) is 25.8 Å². The lowest BCUT2D eigenvalue weighted by Gasteiger charge is -2.11. The van der Waals surface area contributed by atoms with Crippen LogP contribution >= 0.6 is 0 Å². The summed E-state index contributed by atoms with van der Waals surface area (Å²) in [7, 11) is 1.53. The number of anilines is 1. The highest BCUT2D eigenvalue weighted by atomic mass is 19.1. The van der Waals surface area contributed by atoms with E-state index in [1.807, 2.05) is 6.92 Å². The highest BCUT2D eigenvalue weighted by Crippen LogP contribution is 2.27. The Kier molecular flexibility index (Phi) is 8.14. The number of amides is 2. The summed E-state index contributed by atoms with van der Waals surface area (Å²) < 4.78 is 24.5. The molecule has 29 heavy (non-hydrogen) atoms. The van der Waals surface area contributed by atoms with E-state index >= 15 is 0 Å². The maximum atomic E-state index is 13.6. The minimum Gasteiger partial charge on any atom is -0.493 e. The lowest BCUT2D eigenvalue weighted by atomic mass is 10.1. The van der Waals surface area contributed by atoms with Gasteiger partial charge in [0.05, 0.1) is 25.6 Å². The van der Waals surface area contributed by atoms with Crippen molar-refractivity contribution in [2.24, 2.45) is 11.0 Å². The third-order valence-electron chi connectivity index (χ3n) is 3.96. The molecule has 2 aromatic rings. The molecule has 0 radical (unpaired) electrons. The predicted octanol–water partition coefficient (Wildman–Crippen LogP) is 3.35. The molecule has 7 nitrogen and oxygen atoms in total. The van der Waals surface area contributed by atoms with Gasteiger partial charge in [0.1, 0.15) is 11.7 Å². The molecule has 0 aliphatic rings. The van der Waals surface area contributed by atoms with Crippen molar-refractivity contribution in [3.05, 3.63) is 53.8 Å². The second-order valence-electron chi connectivity index (χ2n) is 6.18. The molecule has 2 aromatic carbocycles. The zero-order chi connectivity index (χ0) is 21.2. The molecule has 2 rings (SSSR count). The van der Waals surface area contributed by atoms with Crippen molar-refractivity contribution in [1.82, 2.24) is 5.43 Å². The van der Waals surface area contributed by atoms with Crippen LogP contribution in [0.3, 0.4) is 0 Å². The molecule has 2 N–H and O–H groups in total. The Labute approximate surface area is 168 Å². The average Bonchev–Trinajstić information content (AvgIpc) is 2.73. The normalized spacial score (nSPS) is 11.7. The number of para-hydroxylation sites is 1. The molecule has 0 aromatic heterocycles. The summed E-state index contributed by atoms with van der Waals surface area (Å²) >= 11 is 0. The van der Waals surface area contributed by atoms with Crippen LogP contribution in [0.4, 0.5) is 10.1 Å². The summed E-state index contributed by atoms with van der Waals surface area (Å²) in [4.78, 5) is 24.2. The fraction of sp³-hybridized carbons (Fsp3) is 0.286. The van der Waals surface area contributed by atoms with Crippen LogP contribution in [-0.2, 0) is 9.59 Å². The second-order valence-corrected chi connectivity index (χ2v) is 6.18. The van der Waals surface area contributed by atoms with Crippen molar-refractivity contribution in [1.29, 1.82) is 0 Å². The van der Waals surface area contributed by atoms with Gasteiger partial charge in [-0.2, -0.15) is 5.10 Å². The number of nitrogens with one attached hydrogen (secondary N) is 2. The molecular weight excluding hydrogens is 377 g/mol. The van der Waals surface area contributed by atoms with Gasteiger partial charge >= 0.3 is 0 Å². The van der Waals surface area contributed by atoms with Crippen molar-refractivity contribution in [2.45, 2.75) is 20.3 Å². The molecule has 0 aliphatic heterocycles. The number of benzene rings is 2. The van der Waals surface area contributed by atoms with Crippen LogP contribution in [0.15, 0.2) is 47.6 Å². The first-order valence-corrected chi connectivity index (χ1v) is 9.15. The third-order valence-corrected chi connectivity index (χ3v) is 3.96. The Balaban J connectivity index is 1.94. The van der Waals surface area contributed by atoms with E-state index in [2.05, 4.69) is 15.8 Å². The first-order valence-electron chi connectivity index (χ1n) is 9.15. The van der Waals surface area contributed by atoms with Gasteiger partial charge in [-0.05, 0) is 49.2 Å². The van der Waals surface area contributed by atoms with E-state index in [0.29, 0.717) is 23.7 Å². The van der Waals surface area contributed by atoms with Crippen molar-refractivity contribution in [2.75, 3.05) is 19.0 Å². The first kappa shape index (κ1) is 21.9. The standard InChI is InChI=1S/C21H24FN3O4/c1-4-11-29-18-10-9-15(12-19(18)28-3)13-23-25-21(27)14(2)20(26)24-17-8-6-5-7-16(17)22/h5-10,12-14H,4,11H2,1-3H3,(H,24,26)(H,25,27). The number of nitrogens with zero attached hydrogens (tertiary/aromatic N) is 1. The maximum absolute atomic E-state index is 13.6. The van der Waals surface area contributed by atoms with E-state index in [0.717, 1.165) is 6.42 Å². The summed E-state index contributed by atoms with van der Waals surface area (Å²) in [6.45, 7) is 3.99. The molecule has 0 heterocycles. The Morgan fingerprint density at radius 3 is 2.62 bits per heavy atom. The first-order chi connectivity index (χ1) is 14.0. The average molecular weight is 401 g/mol. The zero-order valence-corrected chi connectivity index (χ0v) is 16.6. The third kappa shape index (κ3) is 6.31. The van der Waals surface area contributed by atoms with E-state index in [4.69, 9.17) is 9.47 Å². The molecule has 0 spiro atoms. The number of ether oxygens (including phenoxy) is 2. The van der Waals surface area contributed by atoms with E-state index in [1.54, 1.807) is 24.3 Å². The minimum atomic E-state index is -1.06. The summed E-state index contributed by atoms with van der Waals surface area (Å²) in [5.74, 6) is -1.73. The molecule has 0 saturated carbocycles. The van der Waals surface area contributed by atoms with Gasteiger partial charge in [0.15, 0.2) is 11.5 Å². The molecule has 8 heteroatoms. The van der Waals surface area contributed by atoms with Crippen LogP contribution in [0.2, 0.25) is 0 Å². The van der Waals surface area contributed by atoms with Crippen molar-refractivity contribution < 1.29 is 23.5 Å². The Morgan fingerprint density at radius 1 is 1.17 bits per heavy atom.